The summed E-state index contributed by atoms with van der Waals surface area (Å²) >= 11 is 0. The Labute approximate surface area is 98.1 Å². The third-order valence-corrected chi connectivity index (χ3v) is 3.00. The number of amides is 1. The molecule has 0 radical (unpaired) electrons. The van der Waals surface area contributed by atoms with Crippen LogP contribution in [0.25, 0.3) is 0 Å². The summed E-state index contributed by atoms with van der Waals surface area (Å²) in [5, 5.41) is 6.18. The van der Waals surface area contributed by atoms with Crippen LogP contribution in [0.5, 0.6) is 0 Å². The number of carbonyl (C=O) groups excluding carboxylic acids is 1. The molecular weight excluding hydrogens is 204 g/mol. The Bertz CT molecular complexity index is 231. The van der Waals surface area contributed by atoms with Gasteiger partial charge in [0.05, 0.1) is 19.1 Å². The Morgan fingerprint density at radius 3 is 2.62 bits per heavy atom. The molecule has 16 heavy (non-hydrogen) atoms. The Kier molecular flexibility index (Phi) is 5.22. The number of hydrogen-bond acceptors (Lipinski definition) is 3. The molecule has 0 aliphatic carbocycles. The first-order chi connectivity index (χ1) is 7.54. The van der Waals surface area contributed by atoms with Gasteiger partial charge in [-0.3, -0.25) is 4.79 Å². The van der Waals surface area contributed by atoms with Crippen molar-refractivity contribution in [3.8, 4) is 0 Å². The maximum Gasteiger partial charge on any atom is 0.227 e. The molecular formula is C12H24N2O2. The Hall–Kier alpha value is -0.610. The Morgan fingerprint density at radius 2 is 2.06 bits per heavy atom. The highest BCUT2D eigenvalue weighted by Crippen LogP contribution is 2.14. The quantitative estimate of drug-likeness (QED) is 0.731. The van der Waals surface area contributed by atoms with Crippen molar-refractivity contribution in [2.45, 2.75) is 39.3 Å². The van der Waals surface area contributed by atoms with Crippen LogP contribution in [0.3, 0.4) is 0 Å². The largest absolute Gasteiger partial charge is 0.379 e. The van der Waals surface area contributed by atoms with Crippen LogP contribution in [0.4, 0.5) is 0 Å². The molecule has 4 heteroatoms. The van der Waals surface area contributed by atoms with Gasteiger partial charge in [-0.05, 0) is 26.3 Å². The van der Waals surface area contributed by atoms with Crippen molar-refractivity contribution in [1.29, 1.82) is 0 Å². The van der Waals surface area contributed by atoms with Gasteiger partial charge in [0.1, 0.15) is 0 Å². The van der Waals surface area contributed by atoms with Crippen LogP contribution in [0.2, 0.25) is 0 Å². The molecule has 2 N–H and O–H groups in total. The van der Waals surface area contributed by atoms with Crippen LogP contribution in [-0.2, 0) is 9.53 Å². The number of likely N-dealkylation sites (N-methyl/N-ethyl adjacent to an activating group) is 1. The van der Waals surface area contributed by atoms with Gasteiger partial charge in [-0.25, -0.2) is 0 Å². The molecule has 0 spiro atoms. The lowest BCUT2D eigenvalue weighted by Crippen LogP contribution is -2.45. The van der Waals surface area contributed by atoms with Crippen molar-refractivity contribution in [2.24, 2.45) is 11.8 Å². The van der Waals surface area contributed by atoms with Crippen LogP contribution >= 0.6 is 0 Å². The summed E-state index contributed by atoms with van der Waals surface area (Å²) < 4.78 is 5.32. The van der Waals surface area contributed by atoms with Crippen LogP contribution in [0.15, 0.2) is 0 Å². The van der Waals surface area contributed by atoms with Gasteiger partial charge in [-0.2, -0.15) is 0 Å². The monoisotopic (exact) mass is 228 g/mol. The van der Waals surface area contributed by atoms with Gasteiger partial charge in [-0.1, -0.05) is 13.8 Å². The SMILES string of the molecule is CNC1COCC1C(=O)NC(C)CC(C)C. The van der Waals surface area contributed by atoms with E-state index in [1.807, 2.05) is 7.05 Å². The standard InChI is InChI=1S/C12H24N2O2/c1-8(2)5-9(3)14-12(15)10-6-16-7-11(10)13-4/h8-11,13H,5-7H2,1-4H3,(H,14,15). The summed E-state index contributed by atoms with van der Waals surface area (Å²) in [4.78, 5) is 12.0. The zero-order valence-corrected chi connectivity index (χ0v) is 10.7. The number of ether oxygens (including phenoxy) is 1. The first kappa shape index (κ1) is 13.5. The van der Waals surface area contributed by atoms with Crippen LogP contribution in [0, 0.1) is 11.8 Å². The van der Waals surface area contributed by atoms with Gasteiger partial charge in [0, 0.05) is 12.1 Å². The average Bonchev–Trinajstić information content (AvgIpc) is 2.63. The molecule has 1 fully saturated rings. The fourth-order valence-corrected chi connectivity index (χ4v) is 2.21. The zero-order valence-electron chi connectivity index (χ0n) is 10.7. The lowest BCUT2D eigenvalue weighted by atomic mass is 10.0. The molecule has 0 aromatic heterocycles. The van der Waals surface area contributed by atoms with Gasteiger partial charge in [0.25, 0.3) is 0 Å². The third-order valence-electron chi connectivity index (χ3n) is 3.00. The summed E-state index contributed by atoms with van der Waals surface area (Å²) in [5.74, 6) is 0.680. The second kappa shape index (κ2) is 6.21. The molecule has 1 rings (SSSR count). The fourth-order valence-electron chi connectivity index (χ4n) is 2.21. The van der Waals surface area contributed by atoms with E-state index >= 15 is 0 Å². The normalized spacial score (nSPS) is 27.1. The summed E-state index contributed by atoms with van der Waals surface area (Å²) in [6, 6.07) is 0.400. The lowest BCUT2D eigenvalue weighted by Gasteiger charge is -2.21. The fraction of sp³-hybridized carbons (Fsp3) is 0.917. The summed E-state index contributed by atoms with van der Waals surface area (Å²) in [6.45, 7) is 7.55. The molecule has 1 saturated heterocycles. The molecule has 3 atom stereocenters. The number of carbonyl (C=O) groups is 1. The van der Waals surface area contributed by atoms with Gasteiger partial charge in [-0.15, -0.1) is 0 Å². The van der Waals surface area contributed by atoms with Crippen molar-refractivity contribution < 1.29 is 9.53 Å². The van der Waals surface area contributed by atoms with Gasteiger partial charge in [0.2, 0.25) is 5.91 Å². The van der Waals surface area contributed by atoms with Gasteiger partial charge in [0.15, 0.2) is 0 Å². The lowest BCUT2D eigenvalue weighted by molar-refractivity contribution is -0.126. The van der Waals surface area contributed by atoms with Crippen molar-refractivity contribution >= 4 is 5.91 Å². The summed E-state index contributed by atoms with van der Waals surface area (Å²) in [5.41, 5.74) is 0. The maximum atomic E-state index is 12.0. The molecule has 1 aliphatic heterocycles. The van der Waals surface area contributed by atoms with E-state index in [0.29, 0.717) is 19.1 Å². The number of rotatable bonds is 5. The van der Waals surface area contributed by atoms with E-state index in [0.717, 1.165) is 6.42 Å². The van der Waals surface area contributed by atoms with Crippen molar-refractivity contribution in [2.75, 3.05) is 20.3 Å². The second-order valence-electron chi connectivity index (χ2n) is 5.08. The highest BCUT2D eigenvalue weighted by molar-refractivity contribution is 5.80. The molecule has 0 aromatic rings. The van der Waals surface area contributed by atoms with E-state index in [2.05, 4.69) is 31.4 Å². The highest BCUT2D eigenvalue weighted by atomic mass is 16.5. The topological polar surface area (TPSA) is 50.4 Å². The Morgan fingerprint density at radius 1 is 1.38 bits per heavy atom. The molecule has 94 valence electrons. The minimum absolute atomic E-state index is 0.0420. The van der Waals surface area contributed by atoms with Crippen molar-refractivity contribution in [1.82, 2.24) is 10.6 Å². The van der Waals surface area contributed by atoms with Crippen molar-refractivity contribution in [3.05, 3.63) is 0 Å². The molecule has 1 amide bonds. The molecule has 1 heterocycles. The van der Waals surface area contributed by atoms with Crippen LogP contribution < -0.4 is 10.6 Å². The molecule has 0 aromatic carbocycles. The molecule has 4 nitrogen and oxygen atoms in total. The highest BCUT2D eigenvalue weighted by Gasteiger charge is 2.33. The zero-order chi connectivity index (χ0) is 12.1. The molecule has 0 bridgehead atoms. The number of nitrogens with one attached hydrogen (secondary N) is 2. The molecule has 0 saturated carbocycles. The van der Waals surface area contributed by atoms with E-state index in [1.165, 1.54) is 0 Å². The third kappa shape index (κ3) is 3.76. The van der Waals surface area contributed by atoms with E-state index in [9.17, 15) is 4.79 Å². The Balaban J connectivity index is 2.39. The van der Waals surface area contributed by atoms with E-state index in [-0.39, 0.29) is 23.9 Å². The van der Waals surface area contributed by atoms with Crippen molar-refractivity contribution in [3.63, 3.8) is 0 Å². The second-order valence-corrected chi connectivity index (χ2v) is 5.08. The van der Waals surface area contributed by atoms with E-state index < -0.39 is 0 Å². The van der Waals surface area contributed by atoms with Gasteiger partial charge >= 0.3 is 0 Å². The van der Waals surface area contributed by atoms with Crippen LogP contribution in [0.1, 0.15) is 27.2 Å². The first-order valence-corrected chi connectivity index (χ1v) is 6.10. The minimum atomic E-state index is -0.0420. The smallest absolute Gasteiger partial charge is 0.227 e. The molecule has 3 unspecified atom stereocenters. The molecule has 1 aliphatic rings. The summed E-state index contributed by atoms with van der Waals surface area (Å²) in [7, 11) is 1.87. The van der Waals surface area contributed by atoms with Crippen LogP contribution in [-0.4, -0.2) is 38.3 Å². The predicted molar refractivity (Wildman–Crippen MR) is 64.2 cm³/mol. The van der Waals surface area contributed by atoms with E-state index in [1.54, 1.807) is 0 Å². The first-order valence-electron chi connectivity index (χ1n) is 6.10. The maximum absolute atomic E-state index is 12.0. The predicted octanol–water partition coefficient (Wildman–Crippen LogP) is 0.772. The van der Waals surface area contributed by atoms with E-state index in [4.69, 9.17) is 4.74 Å². The van der Waals surface area contributed by atoms with Gasteiger partial charge < -0.3 is 15.4 Å². The number of hydrogen-bond donors (Lipinski definition) is 2. The average molecular weight is 228 g/mol. The minimum Gasteiger partial charge on any atom is -0.379 e. The summed E-state index contributed by atoms with van der Waals surface area (Å²) in [6.07, 6.45) is 1.02.